The van der Waals surface area contributed by atoms with Crippen LogP contribution in [0.15, 0.2) is 12.7 Å². The van der Waals surface area contributed by atoms with Crippen LogP contribution in [0.4, 0.5) is 5.82 Å². The molecule has 0 spiro atoms. The van der Waals surface area contributed by atoms with E-state index in [1.165, 1.54) is 13.8 Å². The molecule has 0 bridgehead atoms. The van der Waals surface area contributed by atoms with E-state index in [0.717, 1.165) is 17.2 Å². The number of nitrogen functional groups attached to an aromatic ring is 1. The van der Waals surface area contributed by atoms with E-state index in [1.807, 2.05) is 0 Å². The summed E-state index contributed by atoms with van der Waals surface area (Å²) in [5.41, 5.74) is 4.12. The molecular formula is C24H41N7O22P4S. The average molecular weight is 936 g/mol. The van der Waals surface area contributed by atoms with Crippen molar-refractivity contribution < 1.29 is 104 Å². The third-order valence-corrected chi connectivity index (χ3v) is 12.0. The molecule has 0 saturated carbocycles. The van der Waals surface area contributed by atoms with Gasteiger partial charge in [-0.15, -0.1) is 0 Å². The fourth-order valence-corrected chi connectivity index (χ4v) is 8.80. The number of hydrogen-bond donors (Lipinski definition) is 12. The standard InChI is InChI=1S/C24H41N7O22P4S/c1-24(2,18(35)21(36)27-4-3-14(33)26-5-6-58-23(37)12(7-32)51-54(38,39)40)9-49-57(46,47)53-56(44,45)48-8-13-17(52-55(41,42)43)16(34)22(50-13)31-11-30-15-19(25)28-10-29-20(15)31/h10-13,16-18,22,32,34-35H,3-9H2,1-2H3,(H,26,33)(H,27,36)(H,44,45)(H,46,47)(H2,25,28,29)(H2,38,39,40)(H2,41,42,43). The second-order valence-electron chi connectivity index (χ2n) is 12.5. The number of aromatic nitrogens is 4. The zero-order chi connectivity index (χ0) is 43.9. The maximum atomic E-state index is 12.7. The van der Waals surface area contributed by atoms with E-state index in [4.69, 9.17) is 34.4 Å². The third-order valence-electron chi connectivity index (χ3n) is 7.44. The van der Waals surface area contributed by atoms with Crippen LogP contribution in [0.25, 0.3) is 11.2 Å². The Kier molecular flexibility index (Phi) is 17.6. The molecule has 13 N–H and O–H groups in total. The minimum atomic E-state index is -5.62. The predicted octanol–water partition coefficient (Wildman–Crippen LogP) is -2.87. The number of nitrogens with one attached hydrogen (secondary N) is 2. The smallest absolute Gasteiger partial charge is 0.393 e. The molecule has 2 aromatic rings. The Morgan fingerprint density at radius 3 is 2.28 bits per heavy atom. The number of ether oxygens (including phenoxy) is 1. The minimum absolute atomic E-state index is 0.00696. The number of carbonyl (C=O) groups is 3. The van der Waals surface area contributed by atoms with Crippen LogP contribution in [0.3, 0.4) is 0 Å². The molecule has 3 heterocycles. The summed E-state index contributed by atoms with van der Waals surface area (Å²) in [6, 6.07) is 0. The van der Waals surface area contributed by atoms with Gasteiger partial charge in [-0.05, 0) is 0 Å². The summed E-state index contributed by atoms with van der Waals surface area (Å²) in [5.74, 6) is -1.84. The summed E-state index contributed by atoms with van der Waals surface area (Å²) in [5, 5.41) is 34.2. The number of anilines is 1. The zero-order valence-corrected chi connectivity index (χ0v) is 34.4. The van der Waals surface area contributed by atoms with Gasteiger partial charge in [-0.1, -0.05) is 25.6 Å². The highest BCUT2D eigenvalue weighted by Gasteiger charge is 2.50. The van der Waals surface area contributed by atoms with E-state index in [9.17, 15) is 62.4 Å². The summed E-state index contributed by atoms with van der Waals surface area (Å²) >= 11 is 0.515. The Morgan fingerprint density at radius 2 is 1.66 bits per heavy atom. The Labute approximate surface area is 330 Å². The molecule has 1 fully saturated rings. The van der Waals surface area contributed by atoms with Crippen molar-refractivity contribution in [1.29, 1.82) is 0 Å². The van der Waals surface area contributed by atoms with Crippen molar-refractivity contribution >= 4 is 77.0 Å². The summed E-state index contributed by atoms with van der Waals surface area (Å²) in [6.07, 6.45) is -9.12. The molecule has 2 aromatic heterocycles. The first kappa shape index (κ1) is 50.0. The number of nitrogens with zero attached hydrogens (tertiary/aromatic N) is 4. The van der Waals surface area contributed by atoms with Crippen LogP contribution in [0.5, 0.6) is 0 Å². The maximum absolute atomic E-state index is 12.7. The van der Waals surface area contributed by atoms with Gasteiger partial charge in [0.2, 0.25) is 16.9 Å². The van der Waals surface area contributed by atoms with Gasteiger partial charge >= 0.3 is 31.3 Å². The van der Waals surface area contributed by atoms with E-state index in [0.29, 0.717) is 11.8 Å². The van der Waals surface area contributed by atoms with Gasteiger partial charge in [-0.25, -0.2) is 33.2 Å². The molecule has 8 unspecified atom stereocenters. The number of thioether (sulfide) groups is 1. The SMILES string of the molecule is CC(C)(COP(=O)(O)OP(=O)(O)OCC1OC(n2cnc3c(N)ncnc32)C(O)C1OP(=O)(O)O)C(O)C(=O)NCCC(=O)NCCSC(=O)C(CO)OP(=O)(O)O. The molecule has 58 heavy (non-hydrogen) atoms. The van der Waals surface area contributed by atoms with E-state index in [1.54, 1.807) is 0 Å². The number of phosphoric ester groups is 4. The molecule has 0 aromatic carbocycles. The largest absolute Gasteiger partial charge is 0.481 e. The van der Waals surface area contributed by atoms with E-state index in [-0.39, 0.29) is 42.2 Å². The molecule has 2 amide bonds. The van der Waals surface area contributed by atoms with Crippen LogP contribution in [0, 0.1) is 5.41 Å². The van der Waals surface area contributed by atoms with Gasteiger partial charge in [-0.2, -0.15) is 4.31 Å². The zero-order valence-electron chi connectivity index (χ0n) is 30.0. The molecular weight excluding hydrogens is 894 g/mol. The summed E-state index contributed by atoms with van der Waals surface area (Å²) in [6.45, 7) is -1.18. The van der Waals surface area contributed by atoms with Gasteiger partial charge in [-0.3, -0.25) is 37.0 Å². The van der Waals surface area contributed by atoms with Crippen LogP contribution < -0.4 is 16.4 Å². The molecule has 1 saturated heterocycles. The van der Waals surface area contributed by atoms with Crippen molar-refractivity contribution in [2.24, 2.45) is 5.41 Å². The van der Waals surface area contributed by atoms with E-state index in [2.05, 4.69) is 38.9 Å². The molecule has 0 aliphatic carbocycles. The van der Waals surface area contributed by atoms with Gasteiger partial charge in [0.05, 0.1) is 26.1 Å². The first-order valence-corrected chi connectivity index (χ1v) is 23.1. The molecule has 330 valence electrons. The van der Waals surface area contributed by atoms with E-state index >= 15 is 0 Å². The first-order chi connectivity index (χ1) is 26.7. The monoisotopic (exact) mass is 935 g/mol. The van der Waals surface area contributed by atoms with Crippen LogP contribution in [-0.4, -0.2) is 150 Å². The van der Waals surface area contributed by atoms with Crippen LogP contribution >= 0.6 is 43.1 Å². The number of nitrogens with two attached hydrogens (primary N) is 1. The van der Waals surface area contributed by atoms with Crippen LogP contribution in [0.1, 0.15) is 26.5 Å². The lowest BCUT2D eigenvalue weighted by Crippen LogP contribution is -2.46. The van der Waals surface area contributed by atoms with Gasteiger partial charge in [0.25, 0.3) is 0 Å². The number of aliphatic hydroxyl groups excluding tert-OH is 3. The summed E-state index contributed by atoms with van der Waals surface area (Å²) < 4.78 is 76.9. The third kappa shape index (κ3) is 15.3. The van der Waals surface area contributed by atoms with Crippen LogP contribution in [-0.2, 0) is 59.8 Å². The predicted molar refractivity (Wildman–Crippen MR) is 191 cm³/mol. The molecule has 8 atom stereocenters. The second kappa shape index (κ2) is 20.5. The lowest BCUT2D eigenvalue weighted by atomic mass is 9.87. The molecule has 1 aliphatic heterocycles. The van der Waals surface area contributed by atoms with Gasteiger partial charge in [0.1, 0.15) is 36.3 Å². The number of carbonyl (C=O) groups excluding carboxylic acids is 3. The Balaban J connectivity index is 1.48. The normalized spacial score (nSPS) is 22.2. The highest BCUT2D eigenvalue weighted by molar-refractivity contribution is 8.13. The molecule has 1 aliphatic rings. The van der Waals surface area contributed by atoms with Crippen molar-refractivity contribution in [3.05, 3.63) is 12.7 Å². The number of phosphoric acid groups is 4. The van der Waals surface area contributed by atoms with E-state index < -0.39 is 110 Å². The quantitative estimate of drug-likeness (QED) is 0.0394. The van der Waals surface area contributed by atoms with Crippen molar-refractivity contribution in [1.82, 2.24) is 30.2 Å². The van der Waals surface area contributed by atoms with Gasteiger partial charge in [0, 0.05) is 30.7 Å². The number of imidazole rings is 1. The Hall–Kier alpha value is -2.37. The molecule has 29 nitrogen and oxygen atoms in total. The van der Waals surface area contributed by atoms with Crippen molar-refractivity contribution in [2.45, 2.75) is 57.0 Å². The van der Waals surface area contributed by atoms with Gasteiger partial charge < -0.3 is 65.8 Å². The Bertz CT molecular complexity index is 1960. The molecule has 34 heteroatoms. The van der Waals surface area contributed by atoms with Crippen LogP contribution in [0.2, 0.25) is 0 Å². The summed E-state index contributed by atoms with van der Waals surface area (Å²) in [4.78, 5) is 105. The first-order valence-electron chi connectivity index (χ1n) is 16.1. The average Bonchev–Trinajstić information content (AvgIpc) is 3.66. The van der Waals surface area contributed by atoms with Gasteiger partial charge in [0.15, 0.2) is 23.8 Å². The fraction of sp³-hybridized carbons (Fsp3) is 0.667. The number of amides is 2. The lowest BCUT2D eigenvalue weighted by Gasteiger charge is -2.30. The van der Waals surface area contributed by atoms with Crippen molar-refractivity contribution in [3.63, 3.8) is 0 Å². The maximum Gasteiger partial charge on any atom is 0.481 e. The number of hydrogen-bond acceptors (Lipinski definition) is 21. The second-order valence-corrected chi connectivity index (χ2v) is 19.0. The minimum Gasteiger partial charge on any atom is -0.393 e. The Morgan fingerprint density at radius 1 is 1.00 bits per heavy atom. The number of aliphatic hydroxyl groups is 3. The summed E-state index contributed by atoms with van der Waals surface area (Å²) in [7, 11) is -21.6. The fourth-order valence-electron chi connectivity index (χ4n) is 4.69. The number of fused-ring (bicyclic) bond motifs is 1. The van der Waals surface area contributed by atoms with Crippen molar-refractivity contribution in [2.75, 3.05) is 44.4 Å². The lowest BCUT2D eigenvalue weighted by molar-refractivity contribution is -0.137. The highest BCUT2D eigenvalue weighted by Crippen LogP contribution is 2.61. The van der Waals surface area contributed by atoms with Crippen molar-refractivity contribution in [3.8, 4) is 0 Å². The highest BCUT2D eigenvalue weighted by atomic mass is 32.2. The topological polar surface area (TPSA) is 451 Å². The number of rotatable bonds is 23. The molecule has 3 rings (SSSR count). The molecule has 0 radical (unpaired) electrons.